The molecule has 0 atom stereocenters. The van der Waals surface area contributed by atoms with E-state index in [1.807, 2.05) is 0 Å². The molecule has 1 saturated carbocycles. The lowest BCUT2D eigenvalue weighted by Crippen LogP contribution is -2.22. The Balaban J connectivity index is 1.85. The molecule has 0 unspecified atom stereocenters. The molecule has 1 fully saturated rings. The summed E-state index contributed by atoms with van der Waals surface area (Å²) in [5.41, 5.74) is 0.823. The maximum atomic E-state index is 13.3. The Hall–Kier alpha value is -1.13. The van der Waals surface area contributed by atoms with Crippen LogP contribution in [0.3, 0.4) is 0 Å². The van der Waals surface area contributed by atoms with Gasteiger partial charge in [0.2, 0.25) is 0 Å². The van der Waals surface area contributed by atoms with Crippen LogP contribution < -0.4 is 10.1 Å². The highest BCUT2D eigenvalue weighted by atomic mass is 19.1. The molecule has 0 saturated heterocycles. The first-order valence-electron chi connectivity index (χ1n) is 6.87. The predicted molar refractivity (Wildman–Crippen MR) is 72.5 cm³/mol. The molecule has 1 N–H and O–H groups in total. The van der Waals surface area contributed by atoms with Gasteiger partial charge in [-0.05, 0) is 37.0 Å². The van der Waals surface area contributed by atoms with Gasteiger partial charge in [0.05, 0.1) is 6.61 Å². The van der Waals surface area contributed by atoms with Crippen LogP contribution in [0, 0.1) is 11.7 Å². The average molecular weight is 267 g/mol. The van der Waals surface area contributed by atoms with Crippen LogP contribution in [0.4, 0.5) is 4.39 Å². The molecule has 106 valence electrons. The second-order valence-electron chi connectivity index (χ2n) is 5.36. The van der Waals surface area contributed by atoms with Crippen molar-refractivity contribution in [1.82, 2.24) is 5.32 Å². The van der Waals surface area contributed by atoms with Crippen LogP contribution >= 0.6 is 0 Å². The van der Waals surface area contributed by atoms with Gasteiger partial charge in [0, 0.05) is 18.2 Å². The van der Waals surface area contributed by atoms with E-state index >= 15 is 0 Å². The zero-order valence-corrected chi connectivity index (χ0v) is 11.6. The Kier molecular flexibility index (Phi) is 5.16. The van der Waals surface area contributed by atoms with Crippen LogP contribution in [0.2, 0.25) is 0 Å². The van der Waals surface area contributed by atoms with Gasteiger partial charge >= 0.3 is 0 Å². The fraction of sp³-hybridized carbons (Fsp3) is 0.600. The van der Waals surface area contributed by atoms with E-state index in [1.165, 1.54) is 25.0 Å². The molecule has 0 spiro atoms. The van der Waals surface area contributed by atoms with Crippen LogP contribution in [-0.4, -0.2) is 19.4 Å². The lowest BCUT2D eigenvalue weighted by atomic mass is 10.2. The molecule has 0 radical (unpaired) electrons. The first-order chi connectivity index (χ1) is 9.15. The monoisotopic (exact) mass is 267 g/mol. The van der Waals surface area contributed by atoms with E-state index in [4.69, 9.17) is 9.47 Å². The Bertz CT molecular complexity index is 405. The number of nitrogens with one attached hydrogen (secondary N) is 1. The van der Waals surface area contributed by atoms with Crippen LogP contribution in [0.5, 0.6) is 5.75 Å². The van der Waals surface area contributed by atoms with E-state index in [9.17, 15) is 4.39 Å². The molecule has 0 aliphatic heterocycles. The quantitative estimate of drug-likeness (QED) is 0.580. The van der Waals surface area contributed by atoms with Crippen molar-refractivity contribution < 1.29 is 13.9 Å². The zero-order valence-electron chi connectivity index (χ0n) is 11.6. The minimum Gasteiger partial charge on any atom is -0.467 e. The second-order valence-corrected chi connectivity index (χ2v) is 5.36. The highest BCUT2D eigenvalue weighted by Gasteiger charge is 2.21. The largest absolute Gasteiger partial charge is 0.467 e. The molecule has 1 aliphatic carbocycles. The summed E-state index contributed by atoms with van der Waals surface area (Å²) in [7, 11) is 0. The molecule has 4 heteroatoms. The Morgan fingerprint density at radius 2 is 2.16 bits per heavy atom. The topological polar surface area (TPSA) is 30.5 Å². The molecule has 1 aliphatic rings. The molecule has 0 heterocycles. The number of benzene rings is 1. The highest BCUT2D eigenvalue weighted by Crippen LogP contribution is 2.28. The van der Waals surface area contributed by atoms with Gasteiger partial charge in [-0.15, -0.1) is 0 Å². The Morgan fingerprint density at radius 3 is 2.84 bits per heavy atom. The van der Waals surface area contributed by atoms with E-state index in [-0.39, 0.29) is 12.6 Å². The molecule has 2 rings (SSSR count). The predicted octanol–water partition coefficient (Wildman–Crippen LogP) is 3.09. The fourth-order valence-electron chi connectivity index (χ4n) is 1.75. The molecule has 0 amide bonds. The minimum atomic E-state index is -0.244. The maximum absolute atomic E-state index is 13.3. The first kappa shape index (κ1) is 14.3. The van der Waals surface area contributed by atoms with Crippen LogP contribution in [-0.2, 0) is 11.3 Å². The average Bonchev–Trinajstić information content (AvgIpc) is 3.18. The summed E-state index contributed by atoms with van der Waals surface area (Å²) < 4.78 is 24.3. The molecule has 0 aromatic heterocycles. The minimum absolute atomic E-state index is 0.233. The summed E-state index contributed by atoms with van der Waals surface area (Å²) in [6, 6.07) is 4.93. The third-order valence-electron chi connectivity index (χ3n) is 3.07. The van der Waals surface area contributed by atoms with Crippen LogP contribution in [0.15, 0.2) is 18.2 Å². The summed E-state index contributed by atoms with van der Waals surface area (Å²) >= 11 is 0. The van der Waals surface area contributed by atoms with Crippen molar-refractivity contribution in [3.8, 4) is 5.75 Å². The van der Waals surface area contributed by atoms with Crippen LogP contribution in [0.25, 0.3) is 0 Å². The molecular formula is C15H22FNO2. The smallest absolute Gasteiger partial charge is 0.189 e. The number of hydrogen-bond donors (Lipinski definition) is 1. The van der Waals surface area contributed by atoms with Gasteiger partial charge in [-0.3, -0.25) is 0 Å². The number of ether oxygens (including phenoxy) is 2. The van der Waals surface area contributed by atoms with Gasteiger partial charge in [-0.25, -0.2) is 4.39 Å². The standard InChI is InChI=1S/C15H22FNO2/c1-11(2)17-8-13-7-14(16)5-6-15(13)19-10-18-9-12-3-4-12/h5-7,11-12,17H,3-4,8-10H2,1-2H3. The Morgan fingerprint density at radius 1 is 1.37 bits per heavy atom. The van der Waals surface area contributed by atoms with Gasteiger partial charge in [0.1, 0.15) is 11.6 Å². The van der Waals surface area contributed by atoms with Crippen molar-refractivity contribution in [1.29, 1.82) is 0 Å². The molecule has 1 aromatic carbocycles. The summed E-state index contributed by atoms with van der Waals surface area (Å²) in [6.07, 6.45) is 2.53. The summed E-state index contributed by atoms with van der Waals surface area (Å²) in [6.45, 7) is 5.70. The van der Waals surface area contributed by atoms with Crippen molar-refractivity contribution in [3.05, 3.63) is 29.6 Å². The van der Waals surface area contributed by atoms with Crippen molar-refractivity contribution in [2.75, 3.05) is 13.4 Å². The summed E-state index contributed by atoms with van der Waals surface area (Å²) in [5.74, 6) is 1.16. The highest BCUT2D eigenvalue weighted by molar-refractivity contribution is 5.33. The molecule has 3 nitrogen and oxygen atoms in total. The lowest BCUT2D eigenvalue weighted by molar-refractivity contribution is 0.00936. The SMILES string of the molecule is CC(C)NCc1cc(F)ccc1OCOCC1CC1. The molecule has 1 aromatic rings. The van der Waals surface area contributed by atoms with Crippen molar-refractivity contribution >= 4 is 0 Å². The maximum Gasteiger partial charge on any atom is 0.189 e. The third-order valence-corrected chi connectivity index (χ3v) is 3.07. The van der Waals surface area contributed by atoms with E-state index < -0.39 is 0 Å². The van der Waals surface area contributed by atoms with Gasteiger partial charge in [0.25, 0.3) is 0 Å². The van der Waals surface area contributed by atoms with E-state index in [1.54, 1.807) is 6.07 Å². The van der Waals surface area contributed by atoms with Crippen molar-refractivity contribution in [2.24, 2.45) is 5.92 Å². The van der Waals surface area contributed by atoms with Gasteiger partial charge in [0.15, 0.2) is 6.79 Å². The van der Waals surface area contributed by atoms with Crippen molar-refractivity contribution in [2.45, 2.75) is 39.3 Å². The lowest BCUT2D eigenvalue weighted by Gasteiger charge is -2.14. The van der Waals surface area contributed by atoms with Gasteiger partial charge in [-0.2, -0.15) is 0 Å². The van der Waals surface area contributed by atoms with Crippen molar-refractivity contribution in [3.63, 3.8) is 0 Å². The van der Waals surface area contributed by atoms with E-state index in [0.29, 0.717) is 18.3 Å². The number of halogens is 1. The summed E-state index contributed by atoms with van der Waals surface area (Å²) in [4.78, 5) is 0. The summed E-state index contributed by atoms with van der Waals surface area (Å²) in [5, 5.41) is 3.26. The fourth-order valence-corrected chi connectivity index (χ4v) is 1.75. The molecule has 19 heavy (non-hydrogen) atoms. The van der Waals surface area contributed by atoms with E-state index in [2.05, 4.69) is 19.2 Å². The second kappa shape index (κ2) is 6.87. The normalized spacial score (nSPS) is 14.9. The van der Waals surface area contributed by atoms with Gasteiger partial charge in [-0.1, -0.05) is 13.8 Å². The third kappa shape index (κ3) is 5.17. The number of rotatable bonds is 8. The van der Waals surface area contributed by atoms with E-state index in [0.717, 1.165) is 18.1 Å². The Labute approximate surface area is 114 Å². The molecule has 0 bridgehead atoms. The zero-order chi connectivity index (χ0) is 13.7. The van der Waals surface area contributed by atoms with Gasteiger partial charge < -0.3 is 14.8 Å². The number of hydrogen-bond acceptors (Lipinski definition) is 3. The molecular weight excluding hydrogens is 245 g/mol. The van der Waals surface area contributed by atoms with Crippen LogP contribution in [0.1, 0.15) is 32.3 Å². The first-order valence-corrected chi connectivity index (χ1v) is 6.87.